The maximum Gasteiger partial charge on any atom is 0.146 e. The zero-order chi connectivity index (χ0) is 13.9. The van der Waals surface area contributed by atoms with E-state index in [9.17, 15) is 4.39 Å². The monoisotopic (exact) mass is 271 g/mol. The number of nitrogens with zero attached hydrogens (tertiary/aromatic N) is 1. The first-order valence-corrected chi connectivity index (χ1v) is 6.99. The number of halogens is 1. The predicted molar refractivity (Wildman–Crippen MR) is 78.4 cm³/mol. The van der Waals surface area contributed by atoms with Crippen LogP contribution in [0.3, 0.4) is 0 Å². The third-order valence-corrected chi connectivity index (χ3v) is 3.96. The van der Waals surface area contributed by atoms with Gasteiger partial charge in [-0.05, 0) is 41.7 Å². The summed E-state index contributed by atoms with van der Waals surface area (Å²) < 4.78 is 14.1. The molecule has 1 N–H and O–H groups in total. The molecule has 0 spiro atoms. The number of hydrogen-bond donors (Lipinski definition) is 1. The molecule has 2 aromatic rings. The maximum absolute atomic E-state index is 14.1. The average molecular weight is 271 g/mol. The van der Waals surface area contributed by atoms with Crippen LogP contribution in [0.4, 0.5) is 10.1 Å². The van der Waals surface area contributed by atoms with Crippen molar-refractivity contribution in [3.8, 4) is 0 Å². The summed E-state index contributed by atoms with van der Waals surface area (Å²) in [6.45, 7) is 1.53. The summed E-state index contributed by atoms with van der Waals surface area (Å²) in [5, 5.41) is 9.05. The van der Waals surface area contributed by atoms with Crippen molar-refractivity contribution in [3.63, 3.8) is 0 Å². The number of rotatable bonds is 2. The zero-order valence-corrected chi connectivity index (χ0v) is 11.3. The molecule has 3 rings (SSSR count). The van der Waals surface area contributed by atoms with Crippen LogP contribution < -0.4 is 4.90 Å². The highest BCUT2D eigenvalue weighted by atomic mass is 19.1. The van der Waals surface area contributed by atoms with Gasteiger partial charge in [0.05, 0.1) is 12.3 Å². The van der Waals surface area contributed by atoms with Crippen molar-refractivity contribution in [1.82, 2.24) is 0 Å². The van der Waals surface area contributed by atoms with Crippen LogP contribution >= 0.6 is 0 Å². The standard InChI is InChI=1S/C17H18FNO/c18-16-11-13(12-20)5-6-17(16)19-9-7-14-3-1-2-4-15(14)8-10-19/h1-6,11,20H,7-10,12H2. The zero-order valence-electron chi connectivity index (χ0n) is 11.3. The average Bonchev–Trinajstić information content (AvgIpc) is 2.70. The predicted octanol–water partition coefficient (Wildman–Crippen LogP) is 2.92. The Hall–Kier alpha value is -1.87. The summed E-state index contributed by atoms with van der Waals surface area (Å²) in [6.07, 6.45) is 1.88. The van der Waals surface area contributed by atoms with Crippen LogP contribution in [0.15, 0.2) is 42.5 Å². The van der Waals surface area contributed by atoms with Gasteiger partial charge >= 0.3 is 0 Å². The molecule has 0 saturated heterocycles. The van der Waals surface area contributed by atoms with Gasteiger partial charge in [0.1, 0.15) is 5.82 Å². The van der Waals surface area contributed by atoms with Gasteiger partial charge < -0.3 is 10.0 Å². The molecule has 0 saturated carbocycles. The fraction of sp³-hybridized carbons (Fsp3) is 0.294. The molecule has 0 bridgehead atoms. The molecule has 0 amide bonds. The van der Waals surface area contributed by atoms with Crippen molar-refractivity contribution in [2.45, 2.75) is 19.4 Å². The number of hydrogen-bond acceptors (Lipinski definition) is 2. The Morgan fingerprint density at radius 2 is 1.65 bits per heavy atom. The Balaban J connectivity index is 1.83. The Morgan fingerprint density at radius 3 is 2.20 bits per heavy atom. The van der Waals surface area contributed by atoms with E-state index >= 15 is 0 Å². The lowest BCUT2D eigenvalue weighted by molar-refractivity contribution is 0.281. The van der Waals surface area contributed by atoms with Crippen LogP contribution in [0.5, 0.6) is 0 Å². The molecule has 0 radical (unpaired) electrons. The molecule has 0 fully saturated rings. The number of fused-ring (bicyclic) bond motifs is 1. The fourth-order valence-corrected chi connectivity index (χ4v) is 2.81. The second-order valence-corrected chi connectivity index (χ2v) is 5.20. The second kappa shape index (κ2) is 5.63. The lowest BCUT2D eigenvalue weighted by Gasteiger charge is -2.23. The SMILES string of the molecule is OCc1ccc(N2CCc3ccccc3CC2)c(F)c1. The van der Waals surface area contributed by atoms with E-state index in [-0.39, 0.29) is 12.4 Å². The van der Waals surface area contributed by atoms with Crippen molar-refractivity contribution in [2.24, 2.45) is 0 Å². The molecule has 0 unspecified atom stereocenters. The fourth-order valence-electron chi connectivity index (χ4n) is 2.81. The van der Waals surface area contributed by atoms with Gasteiger partial charge in [-0.3, -0.25) is 0 Å². The molecule has 0 aliphatic carbocycles. The van der Waals surface area contributed by atoms with Gasteiger partial charge in [0.25, 0.3) is 0 Å². The third kappa shape index (κ3) is 2.54. The number of aliphatic hydroxyl groups is 1. The lowest BCUT2D eigenvalue weighted by Crippen LogP contribution is -2.26. The quantitative estimate of drug-likeness (QED) is 0.908. The molecular formula is C17H18FNO. The van der Waals surface area contributed by atoms with Gasteiger partial charge in [-0.15, -0.1) is 0 Å². The molecule has 104 valence electrons. The molecular weight excluding hydrogens is 253 g/mol. The summed E-state index contributed by atoms with van der Waals surface area (Å²) in [6, 6.07) is 13.4. The summed E-state index contributed by atoms with van der Waals surface area (Å²) in [5.41, 5.74) is 3.98. The molecule has 1 heterocycles. The second-order valence-electron chi connectivity index (χ2n) is 5.20. The van der Waals surface area contributed by atoms with Gasteiger partial charge in [-0.25, -0.2) is 4.39 Å². The molecule has 1 aliphatic heterocycles. The highest BCUT2D eigenvalue weighted by Gasteiger charge is 2.16. The minimum absolute atomic E-state index is 0.122. The third-order valence-electron chi connectivity index (χ3n) is 3.96. The maximum atomic E-state index is 14.1. The minimum atomic E-state index is -0.248. The van der Waals surface area contributed by atoms with E-state index in [1.807, 2.05) is 0 Å². The van der Waals surface area contributed by atoms with E-state index in [4.69, 9.17) is 5.11 Å². The van der Waals surface area contributed by atoms with Gasteiger partial charge in [-0.2, -0.15) is 0 Å². The van der Waals surface area contributed by atoms with Crippen molar-refractivity contribution in [1.29, 1.82) is 0 Å². The molecule has 2 nitrogen and oxygen atoms in total. The van der Waals surface area contributed by atoms with Crippen LogP contribution in [-0.2, 0) is 19.4 Å². The number of benzene rings is 2. The smallest absolute Gasteiger partial charge is 0.146 e. The molecule has 1 aliphatic rings. The van der Waals surface area contributed by atoms with E-state index in [1.165, 1.54) is 17.2 Å². The summed E-state index contributed by atoms with van der Waals surface area (Å²) in [5.74, 6) is -0.248. The van der Waals surface area contributed by atoms with E-state index in [2.05, 4.69) is 29.2 Å². The van der Waals surface area contributed by atoms with Crippen LogP contribution in [-0.4, -0.2) is 18.2 Å². The molecule has 0 atom stereocenters. The summed E-state index contributed by atoms with van der Waals surface area (Å²) in [7, 11) is 0. The normalized spacial score (nSPS) is 14.8. The van der Waals surface area contributed by atoms with E-state index in [0.717, 1.165) is 25.9 Å². The molecule has 3 heteroatoms. The van der Waals surface area contributed by atoms with Gasteiger partial charge in [0.2, 0.25) is 0 Å². The van der Waals surface area contributed by atoms with Crippen molar-refractivity contribution in [2.75, 3.05) is 18.0 Å². The Labute approximate surface area is 118 Å². The van der Waals surface area contributed by atoms with Crippen molar-refractivity contribution in [3.05, 3.63) is 65.0 Å². The first kappa shape index (κ1) is 13.1. The first-order chi connectivity index (χ1) is 9.78. The van der Waals surface area contributed by atoms with Gasteiger partial charge in [0.15, 0.2) is 0 Å². The topological polar surface area (TPSA) is 23.5 Å². The van der Waals surface area contributed by atoms with Gasteiger partial charge in [0, 0.05) is 13.1 Å². The van der Waals surface area contributed by atoms with Crippen molar-refractivity contribution >= 4 is 5.69 Å². The Kier molecular flexibility index (Phi) is 3.70. The highest BCUT2D eigenvalue weighted by molar-refractivity contribution is 5.50. The van der Waals surface area contributed by atoms with E-state index < -0.39 is 0 Å². The number of anilines is 1. The molecule has 2 aromatic carbocycles. The Morgan fingerprint density at radius 1 is 1.00 bits per heavy atom. The molecule has 0 aromatic heterocycles. The van der Waals surface area contributed by atoms with Gasteiger partial charge in [-0.1, -0.05) is 30.3 Å². The minimum Gasteiger partial charge on any atom is -0.392 e. The highest BCUT2D eigenvalue weighted by Crippen LogP contribution is 2.24. The number of aliphatic hydroxyl groups excluding tert-OH is 1. The summed E-state index contributed by atoms with van der Waals surface area (Å²) in [4.78, 5) is 2.09. The van der Waals surface area contributed by atoms with Crippen LogP contribution in [0.25, 0.3) is 0 Å². The van der Waals surface area contributed by atoms with Crippen LogP contribution in [0, 0.1) is 5.82 Å². The van der Waals surface area contributed by atoms with E-state index in [1.54, 1.807) is 12.1 Å². The van der Waals surface area contributed by atoms with Crippen LogP contribution in [0.1, 0.15) is 16.7 Å². The van der Waals surface area contributed by atoms with Crippen molar-refractivity contribution < 1.29 is 9.50 Å². The first-order valence-electron chi connectivity index (χ1n) is 6.99. The summed E-state index contributed by atoms with van der Waals surface area (Å²) >= 11 is 0. The largest absolute Gasteiger partial charge is 0.392 e. The van der Waals surface area contributed by atoms with Crippen LogP contribution in [0.2, 0.25) is 0 Å². The van der Waals surface area contributed by atoms with E-state index in [0.29, 0.717) is 11.3 Å². The molecule has 20 heavy (non-hydrogen) atoms. The lowest BCUT2D eigenvalue weighted by atomic mass is 10.0. The Bertz CT molecular complexity index is 585.